The van der Waals surface area contributed by atoms with Gasteiger partial charge in [0.25, 0.3) is 0 Å². The van der Waals surface area contributed by atoms with Gasteiger partial charge in [0, 0.05) is 12.0 Å². The van der Waals surface area contributed by atoms with Crippen molar-refractivity contribution in [2.24, 2.45) is 5.10 Å². The number of fused-ring (bicyclic) bond motifs is 3. The minimum atomic E-state index is 0.611. The third-order valence-corrected chi connectivity index (χ3v) is 4.99. The average molecular weight is 369 g/mol. The van der Waals surface area contributed by atoms with Gasteiger partial charge in [-0.2, -0.15) is 5.10 Å². The first kappa shape index (κ1) is 16.8. The average Bonchev–Trinajstić information content (AvgIpc) is 3.06. The van der Waals surface area contributed by atoms with Gasteiger partial charge in [0.15, 0.2) is 11.5 Å². The van der Waals surface area contributed by atoms with Gasteiger partial charge >= 0.3 is 0 Å². The van der Waals surface area contributed by atoms with Crippen molar-refractivity contribution in [3.05, 3.63) is 46.1 Å². The summed E-state index contributed by atoms with van der Waals surface area (Å²) in [6, 6.07) is 5.60. The van der Waals surface area contributed by atoms with E-state index in [4.69, 9.17) is 26.1 Å². The smallest absolute Gasteiger partial charge is 0.231 e. The van der Waals surface area contributed by atoms with Gasteiger partial charge < -0.3 is 13.9 Å². The van der Waals surface area contributed by atoms with Gasteiger partial charge in [-0.1, -0.05) is 12.2 Å². The second-order valence-corrected chi connectivity index (χ2v) is 6.53. The number of aryl methyl sites for hydroxylation is 2. The fraction of sp³-hybridized carbons (Fsp3) is 0.316. The number of hydrogen-bond donors (Lipinski definition) is 0. The number of benzene rings is 1. The van der Waals surface area contributed by atoms with Crippen LogP contribution in [0.25, 0.3) is 11.1 Å². The topological polar surface area (TPSA) is 61.8 Å². The second-order valence-electron chi connectivity index (χ2n) is 6.14. The van der Waals surface area contributed by atoms with Crippen LogP contribution >= 0.6 is 12.2 Å². The predicted octanol–water partition coefficient (Wildman–Crippen LogP) is 4.14. The summed E-state index contributed by atoms with van der Waals surface area (Å²) in [5, 5.41) is 5.39. The largest absolute Gasteiger partial charge is 0.493 e. The molecule has 26 heavy (non-hydrogen) atoms. The molecule has 0 saturated carbocycles. The van der Waals surface area contributed by atoms with Crippen molar-refractivity contribution < 1.29 is 13.9 Å². The van der Waals surface area contributed by atoms with E-state index in [2.05, 4.69) is 10.1 Å². The molecule has 0 aliphatic heterocycles. The Morgan fingerprint density at radius 3 is 2.81 bits per heavy atom. The summed E-state index contributed by atoms with van der Waals surface area (Å²) in [6.07, 6.45) is 7.55. The standard InChI is InChI=1S/C19H19N3O3S/c1-23-15-8-7-12(9-16(15)24-2)10-21-22-11-20-18-17(19(22)26)13-5-3-4-6-14(13)25-18/h7-11H,3-6H2,1-2H3/b21-10+. The first-order valence-corrected chi connectivity index (χ1v) is 8.90. The minimum absolute atomic E-state index is 0.611. The fourth-order valence-electron chi connectivity index (χ4n) is 3.28. The van der Waals surface area contributed by atoms with Crippen LogP contribution in [-0.4, -0.2) is 30.1 Å². The van der Waals surface area contributed by atoms with Gasteiger partial charge in [-0.15, -0.1) is 0 Å². The van der Waals surface area contributed by atoms with E-state index in [1.54, 1.807) is 31.4 Å². The maximum atomic E-state index is 5.87. The molecular formula is C19H19N3O3S. The van der Waals surface area contributed by atoms with Crippen molar-refractivity contribution in [2.75, 3.05) is 14.2 Å². The lowest BCUT2D eigenvalue weighted by Crippen LogP contribution is -2.01. The van der Waals surface area contributed by atoms with Crippen LogP contribution in [0.4, 0.5) is 0 Å². The number of aromatic nitrogens is 2. The molecule has 2 heterocycles. The highest BCUT2D eigenvalue weighted by Crippen LogP contribution is 2.31. The van der Waals surface area contributed by atoms with Crippen molar-refractivity contribution in [1.82, 2.24) is 9.66 Å². The number of furan rings is 1. The molecule has 0 N–H and O–H groups in total. The highest BCUT2D eigenvalue weighted by Gasteiger charge is 2.20. The summed E-state index contributed by atoms with van der Waals surface area (Å²) in [5.74, 6) is 2.35. The Hall–Kier alpha value is -2.67. The van der Waals surface area contributed by atoms with Gasteiger partial charge in [0.05, 0.1) is 25.8 Å². The molecule has 2 aromatic heterocycles. The van der Waals surface area contributed by atoms with Crippen LogP contribution in [0, 0.1) is 4.64 Å². The summed E-state index contributed by atoms with van der Waals surface area (Å²) in [5.41, 5.74) is 2.68. The fourth-order valence-corrected chi connectivity index (χ4v) is 3.59. The Balaban J connectivity index is 1.72. The van der Waals surface area contributed by atoms with E-state index in [0.717, 1.165) is 42.4 Å². The van der Waals surface area contributed by atoms with Gasteiger partial charge in [-0.25, -0.2) is 9.66 Å². The first-order chi connectivity index (χ1) is 12.7. The van der Waals surface area contributed by atoms with Crippen LogP contribution in [0.2, 0.25) is 0 Å². The number of ether oxygens (including phenoxy) is 2. The van der Waals surface area contributed by atoms with Crippen LogP contribution in [0.3, 0.4) is 0 Å². The van der Waals surface area contributed by atoms with Gasteiger partial charge in [-0.05, 0) is 43.0 Å². The molecule has 1 aliphatic carbocycles. The van der Waals surface area contributed by atoms with E-state index in [-0.39, 0.29) is 0 Å². The molecular weight excluding hydrogens is 350 g/mol. The molecule has 3 aromatic rings. The lowest BCUT2D eigenvalue weighted by atomic mass is 9.97. The molecule has 0 atom stereocenters. The Morgan fingerprint density at radius 2 is 2.00 bits per heavy atom. The maximum absolute atomic E-state index is 5.87. The zero-order chi connectivity index (χ0) is 18.1. The van der Waals surface area contributed by atoms with Gasteiger partial charge in [-0.3, -0.25) is 0 Å². The highest BCUT2D eigenvalue weighted by atomic mass is 32.1. The number of hydrogen-bond acceptors (Lipinski definition) is 6. The highest BCUT2D eigenvalue weighted by molar-refractivity contribution is 7.71. The van der Waals surface area contributed by atoms with E-state index < -0.39 is 0 Å². The molecule has 7 heteroatoms. The van der Waals surface area contributed by atoms with Crippen molar-refractivity contribution in [3.8, 4) is 11.5 Å². The Kier molecular flexibility index (Phi) is 4.46. The molecule has 1 aromatic carbocycles. The maximum Gasteiger partial charge on any atom is 0.231 e. The van der Waals surface area contributed by atoms with Crippen molar-refractivity contribution in [2.45, 2.75) is 25.7 Å². The molecule has 134 valence electrons. The summed E-state index contributed by atoms with van der Waals surface area (Å²) < 4.78 is 18.7. The summed E-state index contributed by atoms with van der Waals surface area (Å²) in [7, 11) is 3.21. The van der Waals surface area contributed by atoms with E-state index >= 15 is 0 Å². The second kappa shape index (κ2) is 6.92. The van der Waals surface area contributed by atoms with Gasteiger partial charge in [0.2, 0.25) is 5.71 Å². The quantitative estimate of drug-likeness (QED) is 0.511. The molecule has 4 rings (SSSR count). The number of methoxy groups -OCH3 is 2. The summed E-state index contributed by atoms with van der Waals surface area (Å²) in [4.78, 5) is 4.39. The van der Waals surface area contributed by atoms with Crippen molar-refractivity contribution >= 4 is 29.5 Å². The normalized spacial score (nSPS) is 13.9. The molecule has 1 aliphatic rings. The van der Waals surface area contributed by atoms with Crippen LogP contribution < -0.4 is 9.47 Å². The van der Waals surface area contributed by atoms with Crippen LogP contribution in [0.1, 0.15) is 29.7 Å². The Bertz CT molecular complexity index is 1050. The van der Waals surface area contributed by atoms with E-state index in [1.165, 1.54) is 5.56 Å². The number of nitrogens with zero attached hydrogens (tertiary/aromatic N) is 3. The van der Waals surface area contributed by atoms with E-state index in [9.17, 15) is 0 Å². The van der Waals surface area contributed by atoms with E-state index in [0.29, 0.717) is 21.9 Å². The van der Waals surface area contributed by atoms with Crippen molar-refractivity contribution in [1.29, 1.82) is 0 Å². The molecule has 0 spiro atoms. The zero-order valence-electron chi connectivity index (χ0n) is 14.7. The molecule has 0 bridgehead atoms. The minimum Gasteiger partial charge on any atom is -0.493 e. The molecule has 0 unspecified atom stereocenters. The van der Waals surface area contributed by atoms with E-state index in [1.807, 2.05) is 18.2 Å². The Morgan fingerprint density at radius 1 is 1.19 bits per heavy atom. The molecule has 6 nitrogen and oxygen atoms in total. The SMILES string of the molecule is COc1ccc(/C=N/n2cnc3oc4c(c3c2=S)CCCC4)cc1OC. The predicted molar refractivity (Wildman–Crippen MR) is 102 cm³/mol. The van der Waals surface area contributed by atoms with Crippen LogP contribution in [0.5, 0.6) is 11.5 Å². The Labute approximate surface area is 156 Å². The molecule has 0 amide bonds. The molecule has 0 radical (unpaired) electrons. The van der Waals surface area contributed by atoms with Crippen molar-refractivity contribution in [3.63, 3.8) is 0 Å². The number of rotatable bonds is 4. The lowest BCUT2D eigenvalue weighted by Gasteiger charge is -2.08. The molecule has 0 saturated heterocycles. The third-order valence-electron chi connectivity index (χ3n) is 4.60. The van der Waals surface area contributed by atoms with Crippen LogP contribution in [0.15, 0.2) is 34.0 Å². The monoisotopic (exact) mass is 369 g/mol. The van der Waals surface area contributed by atoms with Gasteiger partial charge in [0.1, 0.15) is 16.7 Å². The zero-order valence-corrected chi connectivity index (χ0v) is 15.5. The first-order valence-electron chi connectivity index (χ1n) is 8.49. The lowest BCUT2D eigenvalue weighted by molar-refractivity contribution is 0.355. The van der Waals surface area contributed by atoms with Crippen LogP contribution in [-0.2, 0) is 12.8 Å². The third kappa shape index (κ3) is 2.88. The summed E-state index contributed by atoms with van der Waals surface area (Å²) in [6.45, 7) is 0. The summed E-state index contributed by atoms with van der Waals surface area (Å²) >= 11 is 5.64. The molecule has 0 fully saturated rings.